The SMILES string of the molecule is O=C(O)NC1CN(C(=O)c2ccc3cc(Oc4ccc(C(F)(F)F)nc4)ccc3n2)C1. The molecule has 0 saturated carbocycles. The number of likely N-dealkylation sites (tertiary alicyclic amines) is 1. The number of amides is 2. The Bertz CT molecular complexity index is 1150. The summed E-state index contributed by atoms with van der Waals surface area (Å²) in [4.78, 5) is 32.3. The number of hydrogen-bond acceptors (Lipinski definition) is 5. The number of rotatable bonds is 4. The summed E-state index contributed by atoms with van der Waals surface area (Å²) < 4.78 is 43.3. The third-order valence-electron chi connectivity index (χ3n) is 4.64. The van der Waals surface area contributed by atoms with Gasteiger partial charge in [-0.05, 0) is 36.4 Å². The standard InChI is InChI=1S/C20H15F3N4O4/c21-20(22,23)17-6-3-14(8-24-17)31-13-2-5-15-11(7-13)1-4-16(26-15)18(28)27-9-12(10-27)25-19(29)30/h1-8,12,25H,9-10H2,(H,29,30). The summed E-state index contributed by atoms with van der Waals surface area (Å²) in [7, 11) is 0. The quantitative estimate of drug-likeness (QED) is 0.654. The van der Waals surface area contributed by atoms with Gasteiger partial charge in [0.05, 0.1) is 17.8 Å². The zero-order valence-corrected chi connectivity index (χ0v) is 15.8. The van der Waals surface area contributed by atoms with Crippen LogP contribution in [0.4, 0.5) is 18.0 Å². The molecule has 3 heterocycles. The smallest absolute Gasteiger partial charge is 0.433 e. The Kier molecular flexibility index (Phi) is 5.09. The summed E-state index contributed by atoms with van der Waals surface area (Å²) in [6.45, 7) is 0.553. The van der Waals surface area contributed by atoms with Gasteiger partial charge in [0.2, 0.25) is 0 Å². The van der Waals surface area contributed by atoms with Gasteiger partial charge in [-0.2, -0.15) is 13.2 Å². The van der Waals surface area contributed by atoms with Crippen molar-refractivity contribution in [2.45, 2.75) is 12.2 Å². The summed E-state index contributed by atoms with van der Waals surface area (Å²) in [6.07, 6.45) is -4.66. The summed E-state index contributed by atoms with van der Waals surface area (Å²) >= 11 is 0. The highest BCUT2D eigenvalue weighted by atomic mass is 19.4. The Morgan fingerprint density at radius 3 is 2.48 bits per heavy atom. The number of carboxylic acid groups (broad SMARTS) is 1. The molecule has 11 heteroatoms. The van der Waals surface area contributed by atoms with Crippen LogP contribution in [0.2, 0.25) is 0 Å². The first kappa shape index (κ1) is 20.4. The van der Waals surface area contributed by atoms with Crippen LogP contribution in [0.25, 0.3) is 10.9 Å². The summed E-state index contributed by atoms with van der Waals surface area (Å²) in [5.41, 5.74) is -0.251. The molecule has 0 aliphatic carbocycles. The number of pyridine rings is 2. The van der Waals surface area contributed by atoms with Crippen LogP contribution in [-0.4, -0.2) is 51.1 Å². The maximum Gasteiger partial charge on any atom is 0.433 e. The number of nitrogens with zero attached hydrogens (tertiary/aromatic N) is 3. The molecule has 0 bridgehead atoms. The first-order valence-electron chi connectivity index (χ1n) is 9.10. The fraction of sp³-hybridized carbons (Fsp3) is 0.200. The Hall–Kier alpha value is -3.89. The number of nitrogens with one attached hydrogen (secondary N) is 1. The second kappa shape index (κ2) is 7.74. The molecule has 0 atom stereocenters. The van der Waals surface area contributed by atoms with Crippen molar-refractivity contribution >= 4 is 22.9 Å². The number of benzene rings is 1. The minimum atomic E-state index is -4.52. The van der Waals surface area contributed by atoms with Crippen molar-refractivity contribution in [1.82, 2.24) is 20.2 Å². The molecule has 2 amide bonds. The largest absolute Gasteiger partial charge is 0.465 e. The van der Waals surface area contributed by atoms with Crippen LogP contribution in [-0.2, 0) is 6.18 Å². The topological polar surface area (TPSA) is 105 Å². The van der Waals surface area contributed by atoms with Crippen molar-refractivity contribution in [2.75, 3.05) is 13.1 Å². The monoisotopic (exact) mass is 432 g/mol. The molecule has 1 aliphatic heterocycles. The van der Waals surface area contributed by atoms with Crippen molar-refractivity contribution in [1.29, 1.82) is 0 Å². The van der Waals surface area contributed by atoms with Crippen LogP contribution in [0, 0.1) is 0 Å². The lowest BCUT2D eigenvalue weighted by Gasteiger charge is -2.38. The molecule has 160 valence electrons. The lowest BCUT2D eigenvalue weighted by molar-refractivity contribution is -0.141. The first-order chi connectivity index (χ1) is 14.7. The molecule has 3 aromatic rings. The average molecular weight is 432 g/mol. The molecule has 0 spiro atoms. The van der Waals surface area contributed by atoms with E-state index in [-0.39, 0.29) is 36.5 Å². The number of fused-ring (bicyclic) bond motifs is 1. The number of hydrogen-bond donors (Lipinski definition) is 2. The molecule has 8 nitrogen and oxygen atoms in total. The van der Waals surface area contributed by atoms with Crippen LogP contribution in [0.3, 0.4) is 0 Å². The van der Waals surface area contributed by atoms with E-state index in [0.717, 1.165) is 12.3 Å². The van der Waals surface area contributed by atoms with Gasteiger partial charge in [-0.1, -0.05) is 6.07 Å². The highest BCUT2D eigenvalue weighted by molar-refractivity contribution is 5.95. The van der Waals surface area contributed by atoms with E-state index in [9.17, 15) is 22.8 Å². The molecule has 2 N–H and O–H groups in total. The van der Waals surface area contributed by atoms with Crippen molar-refractivity contribution < 1.29 is 32.6 Å². The fourth-order valence-corrected chi connectivity index (χ4v) is 3.10. The predicted octanol–water partition coefficient (Wildman–Crippen LogP) is 3.53. The van der Waals surface area contributed by atoms with Crippen LogP contribution in [0.15, 0.2) is 48.7 Å². The molecule has 1 aromatic carbocycles. The van der Waals surface area contributed by atoms with Gasteiger partial charge in [0, 0.05) is 18.5 Å². The Morgan fingerprint density at radius 1 is 1.10 bits per heavy atom. The molecule has 1 fully saturated rings. The Balaban J connectivity index is 1.45. The molecule has 1 saturated heterocycles. The molecular formula is C20H15F3N4O4. The Labute approximate surface area is 173 Å². The van der Waals surface area contributed by atoms with Gasteiger partial charge >= 0.3 is 12.3 Å². The number of alkyl halides is 3. The minimum Gasteiger partial charge on any atom is -0.465 e. The first-order valence-corrected chi connectivity index (χ1v) is 9.10. The van der Waals surface area contributed by atoms with E-state index in [1.807, 2.05) is 0 Å². The van der Waals surface area contributed by atoms with Gasteiger partial charge < -0.3 is 20.1 Å². The third-order valence-corrected chi connectivity index (χ3v) is 4.64. The second-order valence-corrected chi connectivity index (χ2v) is 6.89. The lowest BCUT2D eigenvalue weighted by atomic mass is 10.1. The van der Waals surface area contributed by atoms with E-state index in [1.165, 1.54) is 11.0 Å². The molecular weight excluding hydrogens is 417 g/mol. The van der Waals surface area contributed by atoms with E-state index < -0.39 is 18.0 Å². The molecule has 2 aromatic heterocycles. The van der Waals surface area contributed by atoms with Gasteiger partial charge in [0.25, 0.3) is 5.91 Å². The Morgan fingerprint density at radius 2 is 1.84 bits per heavy atom. The summed E-state index contributed by atoms with van der Waals surface area (Å²) in [6, 6.07) is 9.81. The fourth-order valence-electron chi connectivity index (χ4n) is 3.10. The minimum absolute atomic E-state index is 0.148. The van der Waals surface area contributed by atoms with E-state index >= 15 is 0 Å². The van der Waals surface area contributed by atoms with E-state index in [2.05, 4.69) is 15.3 Å². The van der Waals surface area contributed by atoms with Crippen molar-refractivity contribution in [3.8, 4) is 11.5 Å². The van der Waals surface area contributed by atoms with Crippen LogP contribution < -0.4 is 10.1 Å². The van der Waals surface area contributed by atoms with Gasteiger partial charge in [-0.3, -0.25) is 4.79 Å². The summed E-state index contributed by atoms with van der Waals surface area (Å²) in [5, 5.41) is 11.7. The number of aromatic nitrogens is 2. The van der Waals surface area contributed by atoms with Gasteiger partial charge in [-0.25, -0.2) is 14.8 Å². The summed E-state index contributed by atoms with van der Waals surface area (Å²) in [5.74, 6) is 0.219. The maximum atomic E-state index is 12.6. The van der Waals surface area contributed by atoms with E-state index in [0.29, 0.717) is 16.7 Å². The highest BCUT2D eigenvalue weighted by Gasteiger charge is 2.33. The van der Waals surface area contributed by atoms with Crippen molar-refractivity contribution in [2.24, 2.45) is 0 Å². The highest BCUT2D eigenvalue weighted by Crippen LogP contribution is 2.30. The van der Waals surface area contributed by atoms with Crippen LogP contribution >= 0.6 is 0 Å². The number of carbonyl (C=O) groups is 2. The normalized spacial score (nSPS) is 14.2. The molecule has 0 radical (unpaired) electrons. The van der Waals surface area contributed by atoms with Gasteiger partial charge in [0.1, 0.15) is 22.9 Å². The average Bonchev–Trinajstić information content (AvgIpc) is 2.69. The number of ether oxygens (including phenoxy) is 1. The van der Waals surface area contributed by atoms with Crippen molar-refractivity contribution in [3.63, 3.8) is 0 Å². The third kappa shape index (κ3) is 4.49. The van der Waals surface area contributed by atoms with Gasteiger partial charge in [-0.15, -0.1) is 0 Å². The van der Waals surface area contributed by atoms with E-state index in [4.69, 9.17) is 9.84 Å². The van der Waals surface area contributed by atoms with Crippen molar-refractivity contribution in [3.05, 3.63) is 60.0 Å². The molecule has 31 heavy (non-hydrogen) atoms. The predicted molar refractivity (Wildman–Crippen MR) is 102 cm³/mol. The van der Waals surface area contributed by atoms with E-state index in [1.54, 1.807) is 30.3 Å². The van der Waals surface area contributed by atoms with Crippen LogP contribution in [0.5, 0.6) is 11.5 Å². The maximum absolute atomic E-state index is 12.6. The molecule has 0 unspecified atom stereocenters. The second-order valence-electron chi connectivity index (χ2n) is 6.89. The van der Waals surface area contributed by atoms with Gasteiger partial charge in [0.15, 0.2) is 0 Å². The number of halogens is 3. The van der Waals surface area contributed by atoms with Crippen LogP contribution in [0.1, 0.15) is 16.2 Å². The zero-order valence-electron chi connectivity index (χ0n) is 15.8. The zero-order chi connectivity index (χ0) is 22.2. The molecule has 4 rings (SSSR count). The lowest BCUT2D eigenvalue weighted by Crippen LogP contribution is -2.60. The number of carbonyl (C=O) groups excluding carboxylic acids is 1. The molecule has 1 aliphatic rings.